The van der Waals surface area contributed by atoms with Crippen LogP contribution in [-0.2, 0) is 15.3 Å². The summed E-state index contributed by atoms with van der Waals surface area (Å²) < 4.78 is 25.3. The van der Waals surface area contributed by atoms with Gasteiger partial charge in [-0.25, -0.2) is 8.42 Å². The highest BCUT2D eigenvalue weighted by Crippen LogP contribution is 2.49. The highest BCUT2D eigenvalue weighted by molar-refractivity contribution is 7.92. The molecule has 2 atom stereocenters. The summed E-state index contributed by atoms with van der Waals surface area (Å²) in [4.78, 5) is 3.05. The molecule has 28 heavy (non-hydrogen) atoms. The van der Waals surface area contributed by atoms with Crippen molar-refractivity contribution in [3.63, 3.8) is 0 Å². The summed E-state index contributed by atoms with van der Waals surface area (Å²) in [6, 6.07) is 20.5. The van der Waals surface area contributed by atoms with E-state index in [-0.39, 0.29) is 0 Å². The number of sulfone groups is 1. The molecule has 0 radical (unpaired) electrons. The van der Waals surface area contributed by atoms with Crippen molar-refractivity contribution in [3.8, 4) is 0 Å². The summed E-state index contributed by atoms with van der Waals surface area (Å²) in [7, 11) is -3.32. The molecule has 1 aliphatic heterocycles. The van der Waals surface area contributed by atoms with E-state index in [2.05, 4.69) is 35.2 Å². The highest BCUT2D eigenvalue weighted by Gasteiger charge is 2.50. The largest absolute Gasteiger partial charge is 0.299 e. The van der Waals surface area contributed by atoms with Crippen molar-refractivity contribution in [2.45, 2.75) is 67.1 Å². The van der Waals surface area contributed by atoms with Gasteiger partial charge in [0.25, 0.3) is 0 Å². The van der Waals surface area contributed by atoms with E-state index in [1.807, 2.05) is 19.9 Å². The lowest BCUT2D eigenvalue weighted by atomic mass is 9.80. The molecule has 2 aromatic rings. The predicted octanol–water partition coefficient (Wildman–Crippen LogP) is 4.83. The minimum Gasteiger partial charge on any atom is -0.299 e. The number of rotatable bonds is 7. The Morgan fingerprint density at radius 3 is 2.36 bits per heavy atom. The first-order valence-corrected chi connectivity index (χ1v) is 11.9. The molecule has 2 aromatic carbocycles. The SMILES string of the molecule is CC(C)(CCCN1CC2(c3ccccc3)CCC1C2)S(=O)(=O)c1ccccc1. The standard InChI is InChI=1S/C24H31NO2S/c1-23(2,28(26,27)22-12-7-4-8-13-22)15-9-17-25-19-24(16-14-21(25)18-24)20-10-5-3-6-11-20/h3-8,10-13,21H,9,14-19H2,1-2H3. The molecule has 4 heteroatoms. The molecule has 3 nitrogen and oxygen atoms in total. The number of benzene rings is 2. The van der Waals surface area contributed by atoms with Crippen LogP contribution in [0.15, 0.2) is 65.6 Å². The summed E-state index contributed by atoms with van der Waals surface area (Å²) >= 11 is 0. The Morgan fingerprint density at radius 2 is 1.68 bits per heavy atom. The topological polar surface area (TPSA) is 37.4 Å². The second kappa shape index (κ2) is 7.31. The summed E-state index contributed by atoms with van der Waals surface area (Å²) in [6.45, 7) is 5.86. The molecule has 150 valence electrons. The second-order valence-corrected chi connectivity index (χ2v) is 11.8. The lowest BCUT2D eigenvalue weighted by Crippen LogP contribution is -2.39. The molecule has 2 fully saturated rings. The molecule has 1 heterocycles. The smallest absolute Gasteiger partial charge is 0.183 e. The van der Waals surface area contributed by atoms with E-state index < -0.39 is 14.6 Å². The lowest BCUT2D eigenvalue weighted by molar-refractivity contribution is 0.197. The van der Waals surface area contributed by atoms with Gasteiger partial charge in [-0.2, -0.15) is 0 Å². The number of hydrogen-bond donors (Lipinski definition) is 0. The molecular weight excluding hydrogens is 366 g/mol. The minimum absolute atomic E-state index is 0.317. The number of likely N-dealkylation sites (tertiary alicyclic amines) is 1. The van der Waals surface area contributed by atoms with Crippen LogP contribution in [0.5, 0.6) is 0 Å². The second-order valence-electron chi connectivity index (χ2n) is 9.19. The first-order chi connectivity index (χ1) is 13.3. The molecule has 2 unspecified atom stereocenters. The van der Waals surface area contributed by atoms with Crippen LogP contribution in [0.4, 0.5) is 0 Å². The number of piperidine rings is 1. The Kier molecular flexibility index (Phi) is 5.13. The summed E-state index contributed by atoms with van der Waals surface area (Å²) in [5.74, 6) is 0. The summed E-state index contributed by atoms with van der Waals surface area (Å²) in [5.41, 5.74) is 1.80. The Balaban J connectivity index is 1.38. The summed E-state index contributed by atoms with van der Waals surface area (Å²) in [5, 5.41) is 0. The molecular formula is C24H31NO2S. The van der Waals surface area contributed by atoms with Crippen LogP contribution in [0.3, 0.4) is 0 Å². The molecule has 0 N–H and O–H groups in total. The van der Waals surface area contributed by atoms with Crippen LogP contribution in [0.25, 0.3) is 0 Å². The maximum atomic E-state index is 13.0. The Morgan fingerprint density at radius 1 is 1.04 bits per heavy atom. The summed E-state index contributed by atoms with van der Waals surface area (Å²) in [6.07, 6.45) is 5.40. The van der Waals surface area contributed by atoms with Crippen molar-refractivity contribution in [1.82, 2.24) is 4.90 Å². The van der Waals surface area contributed by atoms with Crippen LogP contribution in [-0.4, -0.2) is 37.2 Å². The normalized spacial score (nSPS) is 25.3. The third-order valence-corrected chi connectivity index (χ3v) is 9.55. The molecule has 1 saturated carbocycles. The minimum atomic E-state index is -3.32. The first kappa shape index (κ1) is 19.7. The molecule has 0 aromatic heterocycles. The van der Waals surface area contributed by atoms with Crippen molar-refractivity contribution in [2.24, 2.45) is 0 Å². The van der Waals surface area contributed by atoms with E-state index in [0.717, 1.165) is 19.5 Å². The quantitative estimate of drug-likeness (QED) is 0.672. The monoisotopic (exact) mass is 397 g/mol. The van der Waals surface area contributed by atoms with E-state index >= 15 is 0 Å². The Hall–Kier alpha value is -1.65. The third kappa shape index (κ3) is 3.42. The Labute approximate surface area is 169 Å². The zero-order chi connectivity index (χ0) is 19.8. The average molecular weight is 398 g/mol. The van der Waals surface area contributed by atoms with Crippen molar-refractivity contribution in [2.75, 3.05) is 13.1 Å². The van der Waals surface area contributed by atoms with Gasteiger partial charge in [0.05, 0.1) is 9.64 Å². The fraction of sp³-hybridized carbons (Fsp3) is 0.500. The van der Waals surface area contributed by atoms with E-state index in [4.69, 9.17) is 0 Å². The third-order valence-electron chi connectivity index (χ3n) is 7.00. The van der Waals surface area contributed by atoms with E-state index in [0.29, 0.717) is 22.8 Å². The maximum Gasteiger partial charge on any atom is 0.183 e. The van der Waals surface area contributed by atoms with Crippen molar-refractivity contribution < 1.29 is 8.42 Å². The van der Waals surface area contributed by atoms with Gasteiger partial charge in [0.2, 0.25) is 0 Å². The molecule has 0 spiro atoms. The van der Waals surface area contributed by atoms with Crippen LogP contribution >= 0.6 is 0 Å². The van der Waals surface area contributed by atoms with Crippen LogP contribution in [0.2, 0.25) is 0 Å². The van der Waals surface area contributed by atoms with Crippen molar-refractivity contribution >= 4 is 9.84 Å². The molecule has 1 saturated heterocycles. The molecule has 4 rings (SSSR count). The fourth-order valence-corrected chi connectivity index (χ4v) is 6.81. The molecule has 2 aliphatic rings. The highest BCUT2D eigenvalue weighted by atomic mass is 32.2. The first-order valence-electron chi connectivity index (χ1n) is 10.4. The van der Waals surface area contributed by atoms with Gasteiger partial charge in [-0.05, 0) is 70.2 Å². The van der Waals surface area contributed by atoms with Gasteiger partial charge in [0.1, 0.15) is 0 Å². The van der Waals surface area contributed by atoms with Crippen LogP contribution < -0.4 is 0 Å². The van der Waals surface area contributed by atoms with Gasteiger partial charge in [-0.1, -0.05) is 48.5 Å². The average Bonchev–Trinajstić information content (AvgIpc) is 3.29. The van der Waals surface area contributed by atoms with Gasteiger partial charge in [0.15, 0.2) is 9.84 Å². The lowest BCUT2D eigenvalue weighted by Gasteiger charge is -2.34. The Bertz CT molecular complexity index is 908. The van der Waals surface area contributed by atoms with Crippen molar-refractivity contribution in [3.05, 3.63) is 66.2 Å². The number of fused-ring (bicyclic) bond motifs is 2. The van der Waals surface area contributed by atoms with Gasteiger partial charge in [-0.15, -0.1) is 0 Å². The molecule has 1 aliphatic carbocycles. The van der Waals surface area contributed by atoms with Crippen molar-refractivity contribution in [1.29, 1.82) is 0 Å². The van der Waals surface area contributed by atoms with E-state index in [1.165, 1.54) is 24.8 Å². The van der Waals surface area contributed by atoms with Gasteiger partial charge in [-0.3, -0.25) is 4.90 Å². The maximum absolute atomic E-state index is 13.0. The number of nitrogens with zero attached hydrogens (tertiary/aromatic N) is 1. The van der Waals surface area contributed by atoms with Gasteiger partial charge >= 0.3 is 0 Å². The van der Waals surface area contributed by atoms with Gasteiger partial charge in [0, 0.05) is 18.0 Å². The van der Waals surface area contributed by atoms with E-state index in [1.54, 1.807) is 24.3 Å². The predicted molar refractivity (Wildman–Crippen MR) is 114 cm³/mol. The zero-order valence-electron chi connectivity index (χ0n) is 17.0. The van der Waals surface area contributed by atoms with E-state index in [9.17, 15) is 8.42 Å². The fourth-order valence-electron chi connectivity index (χ4n) is 5.24. The van der Waals surface area contributed by atoms with Gasteiger partial charge < -0.3 is 0 Å². The zero-order valence-corrected chi connectivity index (χ0v) is 17.8. The molecule has 2 bridgehead atoms. The van der Waals surface area contributed by atoms with Crippen LogP contribution in [0.1, 0.15) is 51.5 Å². The molecule has 0 amide bonds. The van der Waals surface area contributed by atoms with Crippen LogP contribution in [0, 0.1) is 0 Å². The number of hydrogen-bond acceptors (Lipinski definition) is 3.